The molecule has 104 valence electrons. The molecule has 4 nitrogen and oxygen atoms in total. The summed E-state index contributed by atoms with van der Waals surface area (Å²) in [5.74, 6) is 0.0570. The van der Waals surface area contributed by atoms with Gasteiger partial charge in [-0.05, 0) is 12.0 Å². The van der Waals surface area contributed by atoms with Gasteiger partial charge in [0.2, 0.25) is 0 Å². The van der Waals surface area contributed by atoms with Crippen molar-refractivity contribution in [3.8, 4) is 5.75 Å². The molecule has 1 heterocycles. The molecule has 3 atom stereocenters. The second-order valence-corrected chi connectivity index (χ2v) is 6.70. The van der Waals surface area contributed by atoms with Crippen molar-refractivity contribution < 1.29 is 18.8 Å². The lowest BCUT2D eigenvalue weighted by molar-refractivity contribution is -0.137. The first-order valence-electron chi connectivity index (χ1n) is 6.32. The third kappa shape index (κ3) is 2.97. The molecule has 1 N–H and O–H groups in total. The van der Waals surface area contributed by atoms with Crippen molar-refractivity contribution >= 4 is 16.8 Å². The van der Waals surface area contributed by atoms with Gasteiger partial charge >= 0.3 is 5.97 Å². The zero-order valence-electron chi connectivity index (χ0n) is 11.0. The standard InChI is InChI=1S/C14H18O4S/c1-9(2)13(14(15)16)19(17)8-10-7-18-12-6-4-3-5-11(10)12/h3-6,9-10,13H,7-8H2,1-2H3,(H,15,16). The Hall–Kier alpha value is -1.36. The first-order valence-corrected chi connectivity index (χ1v) is 7.70. The number of rotatable bonds is 5. The van der Waals surface area contributed by atoms with Crippen LogP contribution in [-0.4, -0.2) is 32.9 Å². The molecule has 1 aliphatic heterocycles. The fraction of sp³-hybridized carbons (Fsp3) is 0.500. The van der Waals surface area contributed by atoms with Crippen molar-refractivity contribution in [2.24, 2.45) is 5.92 Å². The van der Waals surface area contributed by atoms with Gasteiger partial charge in [0.15, 0.2) is 0 Å². The van der Waals surface area contributed by atoms with E-state index in [0.29, 0.717) is 12.4 Å². The Morgan fingerprint density at radius 2 is 2.16 bits per heavy atom. The Morgan fingerprint density at radius 1 is 1.47 bits per heavy atom. The molecule has 0 bridgehead atoms. The Labute approximate surface area is 115 Å². The average Bonchev–Trinajstić information content (AvgIpc) is 2.72. The monoisotopic (exact) mass is 282 g/mol. The Bertz CT molecular complexity index is 498. The minimum absolute atomic E-state index is 0.0256. The second kappa shape index (κ2) is 5.74. The Balaban J connectivity index is 2.10. The van der Waals surface area contributed by atoms with E-state index in [0.717, 1.165) is 11.3 Å². The van der Waals surface area contributed by atoms with Crippen LogP contribution < -0.4 is 4.74 Å². The molecule has 0 fully saturated rings. The highest BCUT2D eigenvalue weighted by Crippen LogP contribution is 2.34. The Kier molecular flexibility index (Phi) is 4.24. The number of carbonyl (C=O) groups is 1. The summed E-state index contributed by atoms with van der Waals surface area (Å²) >= 11 is 0. The van der Waals surface area contributed by atoms with Crippen LogP contribution in [0.3, 0.4) is 0 Å². The summed E-state index contributed by atoms with van der Waals surface area (Å²) < 4.78 is 17.8. The molecule has 0 saturated carbocycles. The summed E-state index contributed by atoms with van der Waals surface area (Å²) in [6.07, 6.45) is 0. The van der Waals surface area contributed by atoms with Gasteiger partial charge in [0.1, 0.15) is 11.0 Å². The van der Waals surface area contributed by atoms with Crippen molar-refractivity contribution in [1.82, 2.24) is 0 Å². The number of para-hydroxylation sites is 1. The lowest BCUT2D eigenvalue weighted by atomic mass is 10.0. The third-order valence-electron chi connectivity index (χ3n) is 3.30. The molecule has 5 heteroatoms. The number of fused-ring (bicyclic) bond motifs is 1. The van der Waals surface area contributed by atoms with Gasteiger partial charge in [-0.1, -0.05) is 32.0 Å². The smallest absolute Gasteiger partial charge is 0.319 e. The van der Waals surface area contributed by atoms with Crippen molar-refractivity contribution in [1.29, 1.82) is 0 Å². The molecule has 1 aliphatic rings. The molecule has 0 amide bonds. The lowest BCUT2D eigenvalue weighted by Gasteiger charge is -2.17. The molecular formula is C14H18O4S. The third-order valence-corrected chi connectivity index (χ3v) is 5.34. The minimum atomic E-state index is -1.39. The summed E-state index contributed by atoms with van der Waals surface area (Å²) in [4.78, 5) is 11.2. The molecular weight excluding hydrogens is 264 g/mol. The summed E-state index contributed by atoms with van der Waals surface area (Å²) in [5, 5.41) is 8.35. The maximum Gasteiger partial charge on any atom is 0.319 e. The van der Waals surface area contributed by atoms with Crippen molar-refractivity contribution in [2.45, 2.75) is 25.0 Å². The molecule has 1 aromatic carbocycles. The maximum absolute atomic E-state index is 12.3. The van der Waals surface area contributed by atoms with Gasteiger partial charge in [0.25, 0.3) is 0 Å². The molecule has 2 rings (SSSR count). The van der Waals surface area contributed by atoms with E-state index in [9.17, 15) is 9.00 Å². The van der Waals surface area contributed by atoms with Crippen LogP contribution >= 0.6 is 0 Å². The summed E-state index contributed by atoms with van der Waals surface area (Å²) in [7, 11) is -1.39. The van der Waals surface area contributed by atoms with Gasteiger partial charge < -0.3 is 9.84 Å². The van der Waals surface area contributed by atoms with Gasteiger partial charge in [-0.25, -0.2) is 0 Å². The topological polar surface area (TPSA) is 63.6 Å². The number of carboxylic acid groups (broad SMARTS) is 1. The quantitative estimate of drug-likeness (QED) is 0.897. The highest BCUT2D eigenvalue weighted by molar-refractivity contribution is 7.86. The van der Waals surface area contributed by atoms with Crippen LogP contribution in [0.4, 0.5) is 0 Å². The van der Waals surface area contributed by atoms with E-state index in [2.05, 4.69) is 0 Å². The first-order chi connectivity index (χ1) is 9.00. The van der Waals surface area contributed by atoms with Crippen LogP contribution in [0.15, 0.2) is 24.3 Å². The van der Waals surface area contributed by atoms with E-state index in [1.54, 1.807) is 13.8 Å². The number of hydrogen-bond acceptors (Lipinski definition) is 3. The van der Waals surface area contributed by atoms with Gasteiger partial charge in [0.05, 0.1) is 6.61 Å². The van der Waals surface area contributed by atoms with E-state index in [1.165, 1.54) is 0 Å². The maximum atomic E-state index is 12.3. The number of aliphatic carboxylic acids is 1. The average molecular weight is 282 g/mol. The molecule has 0 radical (unpaired) electrons. The van der Waals surface area contributed by atoms with Gasteiger partial charge in [-0.15, -0.1) is 0 Å². The zero-order chi connectivity index (χ0) is 14.0. The first kappa shape index (κ1) is 14.1. The zero-order valence-corrected chi connectivity index (χ0v) is 11.9. The van der Waals surface area contributed by atoms with E-state index in [4.69, 9.17) is 9.84 Å². The van der Waals surface area contributed by atoms with E-state index >= 15 is 0 Å². The number of benzene rings is 1. The van der Waals surface area contributed by atoms with E-state index in [-0.39, 0.29) is 11.8 Å². The predicted octanol–water partition coefficient (Wildman–Crippen LogP) is 2.02. The number of ether oxygens (including phenoxy) is 1. The molecule has 0 saturated heterocycles. The van der Waals surface area contributed by atoms with Gasteiger partial charge in [-0.2, -0.15) is 0 Å². The van der Waals surface area contributed by atoms with Crippen molar-refractivity contribution in [3.05, 3.63) is 29.8 Å². The summed E-state index contributed by atoms with van der Waals surface area (Å²) in [5.41, 5.74) is 1.03. The number of carboxylic acids is 1. The lowest BCUT2D eigenvalue weighted by Crippen LogP contribution is -2.33. The van der Waals surface area contributed by atoms with Crippen LogP contribution in [0.1, 0.15) is 25.3 Å². The molecule has 0 aliphatic carbocycles. The van der Waals surface area contributed by atoms with Gasteiger partial charge in [0, 0.05) is 28.0 Å². The number of hydrogen-bond donors (Lipinski definition) is 1. The predicted molar refractivity (Wildman–Crippen MR) is 73.9 cm³/mol. The van der Waals surface area contributed by atoms with Crippen LogP contribution in [0.25, 0.3) is 0 Å². The van der Waals surface area contributed by atoms with E-state index in [1.807, 2.05) is 24.3 Å². The molecule has 3 unspecified atom stereocenters. The van der Waals surface area contributed by atoms with E-state index < -0.39 is 22.0 Å². The van der Waals surface area contributed by atoms with Gasteiger partial charge in [-0.3, -0.25) is 9.00 Å². The summed E-state index contributed by atoms with van der Waals surface area (Å²) in [6.45, 7) is 4.06. The van der Waals surface area contributed by atoms with Crippen molar-refractivity contribution in [3.63, 3.8) is 0 Å². The molecule has 1 aromatic rings. The fourth-order valence-corrected chi connectivity index (χ4v) is 4.08. The highest BCUT2D eigenvalue weighted by atomic mass is 32.2. The minimum Gasteiger partial charge on any atom is -0.493 e. The van der Waals surface area contributed by atoms with Crippen LogP contribution in [0.2, 0.25) is 0 Å². The summed E-state index contributed by atoms with van der Waals surface area (Å²) in [6, 6.07) is 7.65. The normalized spacial score (nSPS) is 20.7. The van der Waals surface area contributed by atoms with Crippen LogP contribution in [-0.2, 0) is 15.6 Å². The largest absolute Gasteiger partial charge is 0.493 e. The Morgan fingerprint density at radius 3 is 2.79 bits per heavy atom. The van der Waals surface area contributed by atoms with Crippen LogP contribution in [0, 0.1) is 5.92 Å². The molecule has 19 heavy (non-hydrogen) atoms. The molecule has 0 aromatic heterocycles. The highest BCUT2D eigenvalue weighted by Gasteiger charge is 2.32. The SMILES string of the molecule is CC(C)C(C(=O)O)S(=O)CC1COc2ccccc21. The van der Waals surface area contributed by atoms with Crippen molar-refractivity contribution in [2.75, 3.05) is 12.4 Å². The molecule has 0 spiro atoms. The van der Waals surface area contributed by atoms with Crippen LogP contribution in [0.5, 0.6) is 5.75 Å². The second-order valence-electron chi connectivity index (χ2n) is 5.10. The fourth-order valence-electron chi connectivity index (χ4n) is 2.37.